The molecule has 1 aromatic carbocycles. The van der Waals surface area contributed by atoms with Crippen molar-refractivity contribution in [2.75, 3.05) is 46.4 Å². The summed E-state index contributed by atoms with van der Waals surface area (Å²) < 4.78 is 37.3. The summed E-state index contributed by atoms with van der Waals surface area (Å²) in [4.78, 5) is 5.69. The predicted molar refractivity (Wildman–Crippen MR) is 105 cm³/mol. The lowest BCUT2D eigenvalue weighted by Crippen LogP contribution is -2.42. The van der Waals surface area contributed by atoms with Crippen molar-refractivity contribution >= 4 is 5.96 Å². The Morgan fingerprint density at radius 2 is 1.89 bits per heavy atom. The van der Waals surface area contributed by atoms with Crippen LogP contribution in [0.4, 0.5) is 13.2 Å². The number of alkyl halides is 3. The number of aliphatic hydroxyl groups excluding tert-OH is 1. The van der Waals surface area contributed by atoms with E-state index in [2.05, 4.69) is 15.6 Å². The highest BCUT2D eigenvalue weighted by Crippen LogP contribution is 2.24. The van der Waals surface area contributed by atoms with Gasteiger partial charge in [0.1, 0.15) is 0 Å². The van der Waals surface area contributed by atoms with Gasteiger partial charge in [-0.3, -0.25) is 9.89 Å². The van der Waals surface area contributed by atoms with E-state index in [1.807, 2.05) is 30.3 Å². The molecule has 0 spiro atoms. The molecule has 1 aliphatic rings. The van der Waals surface area contributed by atoms with E-state index in [0.29, 0.717) is 31.5 Å². The monoisotopic (exact) mass is 400 g/mol. The molecule has 5 nitrogen and oxygen atoms in total. The number of likely N-dealkylation sites (tertiary alicyclic amines) is 1. The Hall–Kier alpha value is -1.80. The predicted octanol–water partition coefficient (Wildman–Crippen LogP) is 2.59. The van der Waals surface area contributed by atoms with Crippen molar-refractivity contribution in [3.8, 4) is 0 Å². The smallest absolute Gasteiger partial charge is 0.396 e. The van der Waals surface area contributed by atoms with Gasteiger partial charge < -0.3 is 15.7 Å². The number of aliphatic hydroxyl groups is 1. The van der Waals surface area contributed by atoms with E-state index in [-0.39, 0.29) is 12.5 Å². The number of aliphatic imine (C=N–C) groups is 1. The molecule has 28 heavy (non-hydrogen) atoms. The van der Waals surface area contributed by atoms with Crippen LogP contribution in [0.2, 0.25) is 0 Å². The first kappa shape index (κ1) is 22.5. The van der Waals surface area contributed by atoms with Gasteiger partial charge in [-0.1, -0.05) is 30.3 Å². The third kappa shape index (κ3) is 8.06. The number of piperidine rings is 1. The van der Waals surface area contributed by atoms with E-state index in [1.165, 1.54) is 4.90 Å². The Labute approximate surface area is 165 Å². The Morgan fingerprint density at radius 1 is 1.21 bits per heavy atom. The largest absolute Gasteiger partial charge is 0.401 e. The molecule has 0 bridgehead atoms. The second-order valence-electron chi connectivity index (χ2n) is 7.29. The molecule has 3 N–H and O–H groups in total. The molecule has 1 saturated heterocycles. The highest BCUT2D eigenvalue weighted by Gasteiger charge is 2.32. The fourth-order valence-corrected chi connectivity index (χ4v) is 3.53. The van der Waals surface area contributed by atoms with Crippen LogP contribution in [0.15, 0.2) is 35.3 Å². The topological polar surface area (TPSA) is 59.9 Å². The molecule has 1 atom stereocenters. The zero-order valence-corrected chi connectivity index (χ0v) is 16.4. The molecular weight excluding hydrogens is 369 g/mol. The van der Waals surface area contributed by atoms with Crippen molar-refractivity contribution in [1.82, 2.24) is 15.5 Å². The zero-order chi connectivity index (χ0) is 20.4. The molecule has 0 aromatic heterocycles. The molecule has 1 heterocycles. The van der Waals surface area contributed by atoms with Crippen molar-refractivity contribution < 1.29 is 18.3 Å². The van der Waals surface area contributed by atoms with Crippen LogP contribution in [0.25, 0.3) is 0 Å². The summed E-state index contributed by atoms with van der Waals surface area (Å²) in [5, 5.41) is 16.1. The van der Waals surface area contributed by atoms with Crippen molar-refractivity contribution in [3.05, 3.63) is 35.9 Å². The number of benzene rings is 1. The molecule has 1 unspecified atom stereocenters. The number of rotatable bonds is 8. The first-order valence-electron chi connectivity index (χ1n) is 9.80. The fraction of sp³-hybridized carbons (Fsp3) is 0.650. The van der Waals surface area contributed by atoms with E-state index in [0.717, 1.165) is 31.4 Å². The number of nitrogens with one attached hydrogen (secondary N) is 2. The second kappa shape index (κ2) is 11.3. The average Bonchev–Trinajstić information content (AvgIpc) is 2.68. The van der Waals surface area contributed by atoms with Gasteiger partial charge in [-0.25, -0.2) is 0 Å². The van der Waals surface area contributed by atoms with Gasteiger partial charge in [0, 0.05) is 26.1 Å². The molecule has 0 aliphatic carbocycles. The van der Waals surface area contributed by atoms with Crippen LogP contribution < -0.4 is 10.6 Å². The van der Waals surface area contributed by atoms with Gasteiger partial charge >= 0.3 is 6.18 Å². The molecule has 8 heteroatoms. The van der Waals surface area contributed by atoms with Gasteiger partial charge in [0.05, 0.1) is 13.2 Å². The van der Waals surface area contributed by atoms with Crippen LogP contribution in [0.5, 0.6) is 0 Å². The van der Waals surface area contributed by atoms with E-state index >= 15 is 0 Å². The minimum atomic E-state index is -4.11. The SMILES string of the molecule is CN=C(NCCC1CCN(CC(F)(F)F)CC1)NCC(CO)c1ccccc1. The minimum Gasteiger partial charge on any atom is -0.396 e. The molecule has 1 fully saturated rings. The summed E-state index contributed by atoms with van der Waals surface area (Å²) in [6, 6.07) is 9.82. The molecule has 0 amide bonds. The molecule has 158 valence electrons. The Kier molecular flexibility index (Phi) is 9.05. The molecule has 0 saturated carbocycles. The Balaban J connectivity index is 1.66. The van der Waals surface area contributed by atoms with Crippen molar-refractivity contribution in [2.24, 2.45) is 10.9 Å². The average molecular weight is 400 g/mol. The van der Waals surface area contributed by atoms with Gasteiger partial charge in [-0.05, 0) is 43.8 Å². The maximum Gasteiger partial charge on any atom is 0.401 e. The van der Waals surface area contributed by atoms with Crippen LogP contribution in [-0.4, -0.2) is 68.5 Å². The van der Waals surface area contributed by atoms with Gasteiger partial charge in [-0.15, -0.1) is 0 Å². The minimum absolute atomic E-state index is 0.0160. The summed E-state index contributed by atoms with van der Waals surface area (Å²) >= 11 is 0. The summed E-state index contributed by atoms with van der Waals surface area (Å²) in [5.74, 6) is 1.09. The summed E-state index contributed by atoms with van der Waals surface area (Å²) in [6.07, 6.45) is -1.61. The number of halogens is 3. The normalized spacial score (nSPS) is 18.1. The highest BCUT2D eigenvalue weighted by atomic mass is 19.4. The van der Waals surface area contributed by atoms with Crippen LogP contribution in [-0.2, 0) is 0 Å². The fourth-order valence-electron chi connectivity index (χ4n) is 3.53. The maximum atomic E-state index is 12.4. The number of hydrogen-bond donors (Lipinski definition) is 3. The lowest BCUT2D eigenvalue weighted by Gasteiger charge is -2.32. The summed E-state index contributed by atoms with van der Waals surface area (Å²) in [7, 11) is 1.70. The third-order valence-electron chi connectivity index (χ3n) is 5.19. The lowest BCUT2D eigenvalue weighted by molar-refractivity contribution is -0.148. The van der Waals surface area contributed by atoms with Gasteiger partial charge in [0.15, 0.2) is 5.96 Å². The summed E-state index contributed by atoms with van der Waals surface area (Å²) in [5.41, 5.74) is 1.07. The van der Waals surface area contributed by atoms with Crippen molar-refractivity contribution in [1.29, 1.82) is 0 Å². The third-order valence-corrected chi connectivity index (χ3v) is 5.19. The van der Waals surface area contributed by atoms with Crippen LogP contribution in [0.1, 0.15) is 30.7 Å². The van der Waals surface area contributed by atoms with Crippen LogP contribution in [0, 0.1) is 5.92 Å². The standard InChI is InChI=1S/C20H31F3N4O/c1-24-19(26-13-18(14-28)17-5-3-2-4-6-17)25-10-7-16-8-11-27(12-9-16)15-20(21,22)23/h2-6,16,18,28H,7-15H2,1H3,(H2,24,25,26). The Bertz CT molecular complexity index is 587. The number of guanidine groups is 1. The second-order valence-corrected chi connectivity index (χ2v) is 7.29. The molecule has 0 radical (unpaired) electrons. The zero-order valence-electron chi connectivity index (χ0n) is 16.4. The van der Waals surface area contributed by atoms with E-state index in [4.69, 9.17) is 0 Å². The quantitative estimate of drug-likeness (QED) is 0.464. The van der Waals surface area contributed by atoms with E-state index in [1.54, 1.807) is 7.05 Å². The number of hydrogen-bond acceptors (Lipinski definition) is 3. The molecule has 1 aliphatic heterocycles. The summed E-state index contributed by atoms with van der Waals surface area (Å²) in [6.45, 7) is 1.54. The Morgan fingerprint density at radius 3 is 2.46 bits per heavy atom. The van der Waals surface area contributed by atoms with Gasteiger partial charge in [0.2, 0.25) is 0 Å². The van der Waals surface area contributed by atoms with Crippen molar-refractivity contribution in [2.45, 2.75) is 31.4 Å². The van der Waals surface area contributed by atoms with Crippen LogP contribution >= 0.6 is 0 Å². The lowest BCUT2D eigenvalue weighted by atomic mass is 9.93. The molecular formula is C20H31F3N4O. The first-order valence-corrected chi connectivity index (χ1v) is 9.80. The van der Waals surface area contributed by atoms with Gasteiger partial charge in [-0.2, -0.15) is 13.2 Å². The number of nitrogens with zero attached hydrogens (tertiary/aromatic N) is 2. The van der Waals surface area contributed by atoms with E-state index in [9.17, 15) is 18.3 Å². The molecule has 2 rings (SSSR count). The molecule has 1 aromatic rings. The van der Waals surface area contributed by atoms with Crippen LogP contribution in [0.3, 0.4) is 0 Å². The maximum absolute atomic E-state index is 12.4. The highest BCUT2D eigenvalue weighted by molar-refractivity contribution is 5.79. The van der Waals surface area contributed by atoms with Crippen molar-refractivity contribution in [3.63, 3.8) is 0 Å². The van der Waals surface area contributed by atoms with Gasteiger partial charge in [0.25, 0.3) is 0 Å². The van der Waals surface area contributed by atoms with E-state index < -0.39 is 12.7 Å². The first-order chi connectivity index (χ1) is 13.4.